The maximum Gasteiger partial charge on any atom is 0.317 e. The molecule has 2 amide bonds. The number of aromatic nitrogens is 2. The van der Waals surface area contributed by atoms with Gasteiger partial charge in [0, 0.05) is 32.8 Å². The van der Waals surface area contributed by atoms with Gasteiger partial charge in [-0.1, -0.05) is 18.2 Å². The first-order valence-electron chi connectivity index (χ1n) is 7.93. The van der Waals surface area contributed by atoms with Crippen LogP contribution >= 0.6 is 0 Å². The molecule has 1 aliphatic heterocycles. The Balaban J connectivity index is 1.40. The quantitative estimate of drug-likeness (QED) is 0.916. The Labute approximate surface area is 136 Å². The molecule has 0 unspecified atom stereocenters. The Bertz CT molecular complexity index is 641. The van der Waals surface area contributed by atoms with Crippen LogP contribution in [0.25, 0.3) is 0 Å². The zero-order valence-corrected chi connectivity index (χ0v) is 13.3. The van der Waals surface area contributed by atoms with E-state index in [2.05, 4.69) is 10.4 Å². The van der Waals surface area contributed by atoms with E-state index >= 15 is 0 Å². The van der Waals surface area contributed by atoms with Crippen molar-refractivity contribution in [3.05, 3.63) is 48.3 Å². The van der Waals surface area contributed by atoms with Crippen LogP contribution in [0.1, 0.15) is 12.0 Å². The normalized spacial score (nSPS) is 17.3. The SMILES string of the molecule is Cn1cc(CCNC(=O)N2CC[C@H](Oc3ccccc3)C2)cn1. The molecule has 1 N–H and O–H groups in total. The van der Waals surface area contributed by atoms with E-state index < -0.39 is 0 Å². The molecule has 6 nitrogen and oxygen atoms in total. The van der Waals surface area contributed by atoms with Gasteiger partial charge in [-0.15, -0.1) is 0 Å². The molecule has 3 rings (SSSR count). The van der Waals surface area contributed by atoms with Gasteiger partial charge in [0.1, 0.15) is 11.9 Å². The number of nitrogens with zero attached hydrogens (tertiary/aromatic N) is 3. The summed E-state index contributed by atoms with van der Waals surface area (Å²) >= 11 is 0. The monoisotopic (exact) mass is 314 g/mol. The lowest BCUT2D eigenvalue weighted by molar-refractivity contribution is 0.187. The topological polar surface area (TPSA) is 59.4 Å². The van der Waals surface area contributed by atoms with Crippen molar-refractivity contribution >= 4 is 6.03 Å². The first-order valence-corrected chi connectivity index (χ1v) is 7.93. The molecule has 23 heavy (non-hydrogen) atoms. The number of urea groups is 1. The fourth-order valence-corrected chi connectivity index (χ4v) is 2.73. The average molecular weight is 314 g/mol. The van der Waals surface area contributed by atoms with Crippen LogP contribution in [0.2, 0.25) is 0 Å². The molecule has 0 aliphatic carbocycles. The molecule has 6 heteroatoms. The lowest BCUT2D eigenvalue weighted by Crippen LogP contribution is -2.40. The number of ether oxygens (including phenoxy) is 1. The Morgan fingerprint density at radius 3 is 2.96 bits per heavy atom. The number of rotatable bonds is 5. The molecule has 1 atom stereocenters. The van der Waals surface area contributed by atoms with Gasteiger partial charge < -0.3 is 15.0 Å². The summed E-state index contributed by atoms with van der Waals surface area (Å²) in [6.07, 6.45) is 5.52. The van der Waals surface area contributed by atoms with Gasteiger partial charge in [-0.25, -0.2) is 4.79 Å². The van der Waals surface area contributed by atoms with Gasteiger partial charge in [-0.05, 0) is 24.1 Å². The summed E-state index contributed by atoms with van der Waals surface area (Å²) in [6.45, 7) is 1.98. The highest BCUT2D eigenvalue weighted by atomic mass is 16.5. The fraction of sp³-hybridized carbons (Fsp3) is 0.412. The van der Waals surface area contributed by atoms with Crippen LogP contribution in [-0.2, 0) is 13.5 Å². The molecule has 1 aromatic heterocycles. The van der Waals surface area contributed by atoms with Crippen molar-refractivity contribution in [1.82, 2.24) is 20.0 Å². The number of carbonyl (C=O) groups excluding carboxylic acids is 1. The molecule has 0 bridgehead atoms. The molecular formula is C17H22N4O2. The summed E-state index contributed by atoms with van der Waals surface area (Å²) in [5.74, 6) is 0.858. The number of hydrogen-bond acceptors (Lipinski definition) is 3. The number of para-hydroxylation sites is 1. The van der Waals surface area contributed by atoms with Gasteiger partial charge in [-0.2, -0.15) is 5.10 Å². The van der Waals surface area contributed by atoms with Crippen LogP contribution in [0.4, 0.5) is 4.79 Å². The van der Waals surface area contributed by atoms with Crippen molar-refractivity contribution in [3.63, 3.8) is 0 Å². The van der Waals surface area contributed by atoms with Crippen LogP contribution in [0.5, 0.6) is 5.75 Å². The van der Waals surface area contributed by atoms with Crippen molar-refractivity contribution in [1.29, 1.82) is 0 Å². The van der Waals surface area contributed by atoms with Crippen molar-refractivity contribution in [2.45, 2.75) is 18.9 Å². The number of aryl methyl sites for hydroxylation is 1. The highest BCUT2D eigenvalue weighted by molar-refractivity contribution is 5.74. The van der Waals surface area contributed by atoms with Crippen LogP contribution in [0.15, 0.2) is 42.7 Å². The highest BCUT2D eigenvalue weighted by Gasteiger charge is 2.27. The average Bonchev–Trinajstić information content (AvgIpc) is 3.18. The number of carbonyl (C=O) groups is 1. The van der Waals surface area contributed by atoms with Crippen molar-refractivity contribution in [2.24, 2.45) is 7.05 Å². The smallest absolute Gasteiger partial charge is 0.317 e. The van der Waals surface area contributed by atoms with E-state index in [1.54, 1.807) is 4.68 Å². The van der Waals surface area contributed by atoms with Crippen molar-refractivity contribution in [2.75, 3.05) is 19.6 Å². The zero-order chi connectivity index (χ0) is 16.1. The van der Waals surface area contributed by atoms with E-state index in [4.69, 9.17) is 4.74 Å². The number of benzene rings is 1. The van der Waals surface area contributed by atoms with Gasteiger partial charge in [0.05, 0.1) is 12.7 Å². The second kappa shape index (κ2) is 7.17. The Kier molecular flexibility index (Phi) is 4.80. The molecule has 1 aromatic carbocycles. The third-order valence-electron chi connectivity index (χ3n) is 3.93. The minimum absolute atomic E-state index is 0.0203. The maximum atomic E-state index is 12.2. The van der Waals surface area contributed by atoms with Crippen LogP contribution < -0.4 is 10.1 Å². The highest BCUT2D eigenvalue weighted by Crippen LogP contribution is 2.17. The molecular weight excluding hydrogens is 292 g/mol. The Hall–Kier alpha value is -2.50. The number of hydrogen-bond donors (Lipinski definition) is 1. The van der Waals surface area contributed by atoms with E-state index in [1.165, 1.54) is 0 Å². The van der Waals surface area contributed by atoms with Crippen LogP contribution in [0, 0.1) is 0 Å². The molecule has 2 aromatic rings. The second-order valence-electron chi connectivity index (χ2n) is 5.79. The van der Waals surface area contributed by atoms with E-state index in [0.29, 0.717) is 13.1 Å². The van der Waals surface area contributed by atoms with Gasteiger partial charge >= 0.3 is 6.03 Å². The molecule has 122 valence electrons. The molecule has 0 spiro atoms. The number of nitrogens with one attached hydrogen (secondary N) is 1. The van der Waals surface area contributed by atoms with Gasteiger partial charge in [0.2, 0.25) is 0 Å². The van der Waals surface area contributed by atoms with Crippen molar-refractivity contribution in [3.8, 4) is 5.75 Å². The summed E-state index contributed by atoms with van der Waals surface area (Å²) < 4.78 is 7.67. The van der Waals surface area contributed by atoms with E-state index in [1.807, 2.05) is 54.7 Å². The number of amides is 2. The first-order chi connectivity index (χ1) is 11.2. The standard InChI is InChI=1S/C17H22N4O2/c1-20-12-14(11-19-20)7-9-18-17(22)21-10-8-16(13-21)23-15-5-3-2-4-6-15/h2-6,11-12,16H,7-10,13H2,1H3,(H,18,22)/t16-/m0/s1. The summed E-state index contributed by atoms with van der Waals surface area (Å²) in [4.78, 5) is 14.0. The van der Waals surface area contributed by atoms with Gasteiger partial charge in [0.15, 0.2) is 0 Å². The largest absolute Gasteiger partial charge is 0.489 e. The van der Waals surface area contributed by atoms with E-state index in [9.17, 15) is 4.79 Å². The zero-order valence-electron chi connectivity index (χ0n) is 13.3. The number of likely N-dealkylation sites (tertiary alicyclic amines) is 1. The summed E-state index contributed by atoms with van der Waals surface area (Å²) in [5, 5.41) is 7.08. The molecule has 1 saturated heterocycles. The Morgan fingerprint density at radius 1 is 1.39 bits per heavy atom. The maximum absolute atomic E-state index is 12.2. The molecule has 0 saturated carbocycles. The minimum Gasteiger partial charge on any atom is -0.489 e. The van der Waals surface area contributed by atoms with Gasteiger partial charge in [-0.3, -0.25) is 4.68 Å². The van der Waals surface area contributed by atoms with Gasteiger partial charge in [0.25, 0.3) is 0 Å². The third kappa shape index (κ3) is 4.25. The molecule has 1 fully saturated rings. The molecule has 1 aliphatic rings. The predicted octanol–water partition coefficient (Wildman–Crippen LogP) is 1.83. The summed E-state index contributed by atoms with van der Waals surface area (Å²) in [7, 11) is 1.89. The lowest BCUT2D eigenvalue weighted by Gasteiger charge is -2.18. The first kappa shape index (κ1) is 15.4. The second-order valence-corrected chi connectivity index (χ2v) is 5.79. The fourth-order valence-electron chi connectivity index (χ4n) is 2.73. The van der Waals surface area contributed by atoms with E-state index in [-0.39, 0.29) is 12.1 Å². The summed E-state index contributed by atoms with van der Waals surface area (Å²) in [6, 6.07) is 9.73. The summed E-state index contributed by atoms with van der Waals surface area (Å²) in [5.41, 5.74) is 1.12. The minimum atomic E-state index is -0.0203. The predicted molar refractivity (Wildman–Crippen MR) is 87.4 cm³/mol. The third-order valence-corrected chi connectivity index (χ3v) is 3.93. The van der Waals surface area contributed by atoms with Crippen molar-refractivity contribution < 1.29 is 9.53 Å². The van der Waals surface area contributed by atoms with E-state index in [0.717, 1.165) is 30.7 Å². The molecule has 0 radical (unpaired) electrons. The van der Waals surface area contributed by atoms with Crippen LogP contribution in [0.3, 0.4) is 0 Å². The lowest BCUT2D eigenvalue weighted by atomic mass is 10.2. The Morgan fingerprint density at radius 2 is 2.22 bits per heavy atom. The van der Waals surface area contributed by atoms with Crippen LogP contribution in [-0.4, -0.2) is 46.4 Å². The molecule has 2 heterocycles.